The molecule has 3 aromatic rings. The molecule has 1 aliphatic carbocycles. The van der Waals surface area contributed by atoms with Crippen LogP contribution in [-0.2, 0) is 5.41 Å². The Balaban J connectivity index is 1.43. The fourth-order valence-corrected chi connectivity index (χ4v) is 4.95. The third-order valence-electron chi connectivity index (χ3n) is 6.91. The highest BCUT2D eigenvalue weighted by Gasteiger charge is 2.45. The van der Waals surface area contributed by atoms with Crippen molar-refractivity contribution in [1.82, 2.24) is 20.1 Å². The van der Waals surface area contributed by atoms with E-state index in [2.05, 4.69) is 58.1 Å². The number of benzene rings is 1. The van der Waals surface area contributed by atoms with Crippen molar-refractivity contribution in [2.75, 3.05) is 10.6 Å². The third kappa shape index (κ3) is 3.13. The first kappa shape index (κ1) is 19.0. The van der Waals surface area contributed by atoms with E-state index < -0.39 is 0 Å². The van der Waals surface area contributed by atoms with E-state index in [1.807, 2.05) is 0 Å². The Bertz CT molecular complexity index is 999. The molecule has 0 unspecified atom stereocenters. The van der Waals surface area contributed by atoms with Gasteiger partial charge in [-0.25, -0.2) is 9.97 Å². The molecular formula is C23H28N6O. The van der Waals surface area contributed by atoms with E-state index in [1.165, 1.54) is 31.2 Å². The van der Waals surface area contributed by atoms with E-state index in [9.17, 15) is 0 Å². The van der Waals surface area contributed by atoms with Crippen molar-refractivity contribution >= 4 is 12.0 Å². The van der Waals surface area contributed by atoms with Crippen LogP contribution in [0.15, 0.2) is 41.2 Å². The predicted molar refractivity (Wildman–Crippen MR) is 116 cm³/mol. The van der Waals surface area contributed by atoms with Gasteiger partial charge in [-0.05, 0) is 57.1 Å². The first-order valence-corrected chi connectivity index (χ1v) is 10.9. The van der Waals surface area contributed by atoms with Gasteiger partial charge in [0.15, 0.2) is 5.82 Å². The lowest BCUT2D eigenvalue weighted by Crippen LogP contribution is -2.44. The quantitative estimate of drug-likeness (QED) is 0.691. The van der Waals surface area contributed by atoms with Crippen molar-refractivity contribution in [3.8, 4) is 11.1 Å². The van der Waals surface area contributed by atoms with Gasteiger partial charge in [0.25, 0.3) is 0 Å². The molecule has 1 saturated carbocycles. The molecule has 1 aliphatic heterocycles. The largest absolute Gasteiger partial charge is 0.368 e. The summed E-state index contributed by atoms with van der Waals surface area (Å²) in [4.78, 5) is 15.4. The lowest BCUT2D eigenvalue weighted by Gasteiger charge is -2.40. The number of piperidine rings is 1. The SMILES string of the molecule is C[C@@H]1CCC[C@H](C)N1c1nc(C2(c3ccc(-c4cnc(N)nc4)cc3)CCC2)no1. The molecule has 2 N–H and O–H groups in total. The molecular weight excluding hydrogens is 376 g/mol. The van der Waals surface area contributed by atoms with E-state index in [0.29, 0.717) is 18.1 Å². The van der Waals surface area contributed by atoms with Gasteiger partial charge in [0, 0.05) is 30.0 Å². The maximum Gasteiger partial charge on any atom is 0.324 e. The van der Waals surface area contributed by atoms with Crippen LogP contribution in [-0.4, -0.2) is 32.2 Å². The molecule has 5 rings (SSSR count). The second-order valence-electron chi connectivity index (χ2n) is 8.78. The minimum atomic E-state index is -0.153. The summed E-state index contributed by atoms with van der Waals surface area (Å²) in [6.45, 7) is 4.50. The van der Waals surface area contributed by atoms with Gasteiger partial charge in [-0.3, -0.25) is 0 Å². The normalized spacial score (nSPS) is 23.2. The van der Waals surface area contributed by atoms with Crippen LogP contribution < -0.4 is 10.6 Å². The average Bonchev–Trinajstić information content (AvgIpc) is 3.18. The van der Waals surface area contributed by atoms with Gasteiger partial charge < -0.3 is 15.2 Å². The summed E-state index contributed by atoms with van der Waals surface area (Å²) >= 11 is 0. The lowest BCUT2D eigenvalue weighted by molar-refractivity contribution is 0.271. The molecule has 0 bridgehead atoms. The van der Waals surface area contributed by atoms with Crippen LogP contribution in [0, 0.1) is 0 Å². The number of nitrogen functional groups attached to an aromatic ring is 1. The zero-order chi connectivity index (χ0) is 20.7. The molecule has 7 heteroatoms. The molecule has 2 aromatic heterocycles. The Labute approximate surface area is 176 Å². The zero-order valence-electron chi connectivity index (χ0n) is 17.6. The average molecular weight is 405 g/mol. The number of nitrogens with zero attached hydrogens (tertiary/aromatic N) is 5. The maximum absolute atomic E-state index is 5.79. The first-order valence-electron chi connectivity index (χ1n) is 10.9. The second-order valence-corrected chi connectivity index (χ2v) is 8.78. The highest BCUT2D eigenvalue weighted by atomic mass is 16.5. The summed E-state index contributed by atoms with van der Waals surface area (Å²) in [6.07, 6.45) is 10.4. The fraction of sp³-hybridized carbons (Fsp3) is 0.478. The highest BCUT2D eigenvalue weighted by Crippen LogP contribution is 2.48. The van der Waals surface area contributed by atoms with E-state index in [-0.39, 0.29) is 11.4 Å². The maximum atomic E-state index is 5.79. The fourth-order valence-electron chi connectivity index (χ4n) is 4.95. The molecule has 156 valence electrons. The molecule has 30 heavy (non-hydrogen) atoms. The highest BCUT2D eigenvalue weighted by molar-refractivity contribution is 5.62. The van der Waals surface area contributed by atoms with Crippen molar-refractivity contribution in [2.24, 2.45) is 0 Å². The standard InChI is InChI=1S/C23H28N6O/c1-15-5-3-6-16(2)29(15)22-27-20(28-30-22)23(11-4-12-23)19-9-7-17(8-10-19)18-13-25-21(24)26-14-18/h7-10,13-16H,3-6,11-12H2,1-2H3,(H2,24,25,26)/t15-,16+. The van der Waals surface area contributed by atoms with Crippen LogP contribution in [0.1, 0.15) is 63.8 Å². The summed E-state index contributed by atoms with van der Waals surface area (Å²) in [6, 6.07) is 10.1. The van der Waals surface area contributed by atoms with Crippen LogP contribution in [0.3, 0.4) is 0 Å². The van der Waals surface area contributed by atoms with Crippen molar-refractivity contribution in [3.63, 3.8) is 0 Å². The van der Waals surface area contributed by atoms with Crippen molar-refractivity contribution < 1.29 is 4.52 Å². The minimum absolute atomic E-state index is 0.153. The Morgan fingerprint density at radius 3 is 2.23 bits per heavy atom. The van der Waals surface area contributed by atoms with Gasteiger partial charge >= 0.3 is 6.01 Å². The summed E-state index contributed by atoms with van der Waals surface area (Å²) in [5, 5.41) is 4.46. The number of rotatable bonds is 4. The van der Waals surface area contributed by atoms with Crippen LogP contribution in [0.4, 0.5) is 12.0 Å². The predicted octanol–water partition coefficient (Wildman–Crippen LogP) is 4.35. The molecule has 1 saturated heterocycles. The third-order valence-corrected chi connectivity index (χ3v) is 6.91. The van der Waals surface area contributed by atoms with Crippen molar-refractivity contribution in [3.05, 3.63) is 48.0 Å². The van der Waals surface area contributed by atoms with E-state index in [4.69, 9.17) is 15.2 Å². The number of hydrogen-bond acceptors (Lipinski definition) is 7. The molecule has 3 heterocycles. The summed E-state index contributed by atoms with van der Waals surface area (Å²) < 4.78 is 5.79. The monoisotopic (exact) mass is 404 g/mol. The zero-order valence-corrected chi connectivity index (χ0v) is 17.6. The molecule has 1 aromatic carbocycles. The number of hydrogen-bond donors (Lipinski definition) is 1. The molecule has 2 atom stereocenters. The summed E-state index contributed by atoms with van der Waals surface area (Å²) in [5.41, 5.74) is 8.70. The van der Waals surface area contributed by atoms with Gasteiger partial charge in [-0.1, -0.05) is 35.8 Å². The van der Waals surface area contributed by atoms with Crippen LogP contribution in [0.25, 0.3) is 11.1 Å². The number of nitrogens with two attached hydrogens (primary N) is 1. The number of aromatic nitrogens is 4. The molecule has 0 spiro atoms. The Kier molecular flexibility index (Phi) is 4.68. The topological polar surface area (TPSA) is 94.0 Å². The molecule has 7 nitrogen and oxygen atoms in total. The molecule has 2 aliphatic rings. The smallest absolute Gasteiger partial charge is 0.324 e. The number of anilines is 2. The van der Waals surface area contributed by atoms with Gasteiger partial charge in [0.05, 0.1) is 5.41 Å². The van der Waals surface area contributed by atoms with E-state index in [0.717, 1.165) is 29.8 Å². The second kappa shape index (κ2) is 7.38. The molecule has 0 radical (unpaired) electrons. The van der Waals surface area contributed by atoms with E-state index in [1.54, 1.807) is 12.4 Å². The van der Waals surface area contributed by atoms with Crippen LogP contribution in [0.5, 0.6) is 0 Å². The first-order chi connectivity index (χ1) is 14.6. The van der Waals surface area contributed by atoms with Gasteiger partial charge in [-0.15, -0.1) is 0 Å². The van der Waals surface area contributed by atoms with Gasteiger partial charge in [0.1, 0.15) is 0 Å². The molecule has 0 amide bonds. The summed E-state index contributed by atoms with van der Waals surface area (Å²) in [5.74, 6) is 1.10. The van der Waals surface area contributed by atoms with Crippen LogP contribution in [0.2, 0.25) is 0 Å². The minimum Gasteiger partial charge on any atom is -0.368 e. The van der Waals surface area contributed by atoms with Gasteiger partial charge in [0.2, 0.25) is 5.95 Å². The lowest BCUT2D eigenvalue weighted by atomic mass is 9.64. The Morgan fingerprint density at radius 1 is 0.967 bits per heavy atom. The van der Waals surface area contributed by atoms with Crippen molar-refractivity contribution in [1.29, 1.82) is 0 Å². The Morgan fingerprint density at radius 2 is 1.63 bits per heavy atom. The van der Waals surface area contributed by atoms with Gasteiger partial charge in [-0.2, -0.15) is 4.98 Å². The van der Waals surface area contributed by atoms with E-state index >= 15 is 0 Å². The molecule has 2 fully saturated rings. The Hall–Kier alpha value is -2.96. The summed E-state index contributed by atoms with van der Waals surface area (Å²) in [7, 11) is 0. The van der Waals surface area contributed by atoms with Crippen LogP contribution >= 0.6 is 0 Å². The van der Waals surface area contributed by atoms with Crippen molar-refractivity contribution in [2.45, 2.75) is 69.9 Å².